The zero-order chi connectivity index (χ0) is 9.97. The molecule has 2 aliphatic carbocycles. The van der Waals surface area contributed by atoms with Crippen molar-refractivity contribution in [1.82, 2.24) is 0 Å². The van der Waals surface area contributed by atoms with E-state index >= 15 is 0 Å². The van der Waals surface area contributed by atoms with Crippen molar-refractivity contribution >= 4 is 5.78 Å². The van der Waals surface area contributed by atoms with Crippen molar-refractivity contribution in [2.75, 3.05) is 0 Å². The molecule has 0 N–H and O–H groups in total. The van der Waals surface area contributed by atoms with E-state index in [9.17, 15) is 4.79 Å². The van der Waals surface area contributed by atoms with Gasteiger partial charge in [0.25, 0.3) is 0 Å². The van der Waals surface area contributed by atoms with E-state index in [1.54, 1.807) is 0 Å². The quantitative estimate of drug-likeness (QED) is 0.622. The zero-order valence-corrected chi connectivity index (χ0v) is 9.04. The van der Waals surface area contributed by atoms with E-state index in [-0.39, 0.29) is 5.92 Å². The van der Waals surface area contributed by atoms with E-state index in [2.05, 4.69) is 13.0 Å². The van der Waals surface area contributed by atoms with Gasteiger partial charge in [0.1, 0.15) is 0 Å². The lowest BCUT2D eigenvalue weighted by Gasteiger charge is -2.31. The van der Waals surface area contributed by atoms with E-state index in [1.807, 2.05) is 6.08 Å². The van der Waals surface area contributed by atoms with Gasteiger partial charge in [-0.3, -0.25) is 4.79 Å². The first-order valence-electron chi connectivity index (χ1n) is 5.99. The summed E-state index contributed by atoms with van der Waals surface area (Å²) in [6.07, 6.45) is 12.1. The molecule has 78 valence electrons. The summed E-state index contributed by atoms with van der Waals surface area (Å²) in [6, 6.07) is 0. The molecule has 2 rings (SSSR count). The molecule has 0 bridgehead atoms. The van der Waals surface area contributed by atoms with Gasteiger partial charge in [0, 0.05) is 5.92 Å². The molecular weight excluding hydrogens is 172 g/mol. The molecule has 0 amide bonds. The maximum absolute atomic E-state index is 11.3. The minimum Gasteiger partial charge on any atom is -0.295 e. The third kappa shape index (κ3) is 2.08. The maximum atomic E-state index is 11.3. The Morgan fingerprint density at radius 2 is 1.93 bits per heavy atom. The monoisotopic (exact) mass is 192 g/mol. The molecule has 0 aromatic heterocycles. The first-order chi connectivity index (χ1) is 6.77. The van der Waals surface area contributed by atoms with Gasteiger partial charge in [-0.2, -0.15) is 0 Å². The fraction of sp³-hybridized carbons (Fsp3) is 0.769. The Labute approximate surface area is 86.6 Å². The third-order valence-corrected chi connectivity index (χ3v) is 3.87. The fourth-order valence-corrected chi connectivity index (χ4v) is 2.90. The third-order valence-electron chi connectivity index (χ3n) is 3.87. The normalized spacial score (nSPS) is 34.8. The molecule has 1 saturated carbocycles. The molecule has 2 unspecified atom stereocenters. The first kappa shape index (κ1) is 9.95. The molecule has 0 aliphatic heterocycles. The second-order valence-corrected chi connectivity index (χ2v) is 4.96. The van der Waals surface area contributed by atoms with Gasteiger partial charge in [-0.1, -0.05) is 32.3 Å². The van der Waals surface area contributed by atoms with Crippen molar-refractivity contribution in [3.05, 3.63) is 12.2 Å². The van der Waals surface area contributed by atoms with Crippen LogP contribution in [0.3, 0.4) is 0 Å². The lowest BCUT2D eigenvalue weighted by molar-refractivity contribution is -0.118. The molecule has 0 aromatic carbocycles. The van der Waals surface area contributed by atoms with Crippen LogP contribution in [0, 0.1) is 17.8 Å². The molecule has 0 saturated heterocycles. The molecule has 0 heterocycles. The number of allylic oxidation sites excluding steroid dienone is 2. The smallest absolute Gasteiger partial charge is 0.158 e. The SMILES string of the molecule is CC1CC(C2CCCCC2)C=CC1=O. The van der Waals surface area contributed by atoms with Crippen LogP contribution in [0.1, 0.15) is 45.4 Å². The lowest BCUT2D eigenvalue weighted by atomic mass is 9.73. The summed E-state index contributed by atoms with van der Waals surface area (Å²) in [5.74, 6) is 2.17. The van der Waals surface area contributed by atoms with Crippen LogP contribution in [0.5, 0.6) is 0 Å². The number of ketones is 1. The van der Waals surface area contributed by atoms with Crippen LogP contribution in [0.2, 0.25) is 0 Å². The summed E-state index contributed by atoms with van der Waals surface area (Å²) in [5.41, 5.74) is 0. The molecule has 2 atom stereocenters. The number of hydrogen-bond donors (Lipinski definition) is 0. The van der Waals surface area contributed by atoms with E-state index in [1.165, 1.54) is 32.1 Å². The highest BCUT2D eigenvalue weighted by Gasteiger charge is 2.27. The largest absolute Gasteiger partial charge is 0.295 e. The van der Waals surface area contributed by atoms with Crippen molar-refractivity contribution in [2.45, 2.75) is 45.4 Å². The van der Waals surface area contributed by atoms with Crippen LogP contribution < -0.4 is 0 Å². The fourth-order valence-electron chi connectivity index (χ4n) is 2.90. The number of hydrogen-bond acceptors (Lipinski definition) is 1. The Morgan fingerprint density at radius 3 is 2.57 bits per heavy atom. The molecular formula is C13H20O. The van der Waals surface area contributed by atoms with Crippen molar-refractivity contribution in [3.63, 3.8) is 0 Å². The number of carbonyl (C=O) groups is 1. The standard InChI is InChI=1S/C13H20O/c1-10-9-12(7-8-13(10)14)11-5-3-2-4-6-11/h7-8,10-12H,2-6,9H2,1H3. The molecule has 0 aromatic rings. The highest BCUT2D eigenvalue weighted by Crippen LogP contribution is 2.36. The van der Waals surface area contributed by atoms with Crippen molar-refractivity contribution in [2.24, 2.45) is 17.8 Å². The van der Waals surface area contributed by atoms with E-state index in [4.69, 9.17) is 0 Å². The Kier molecular flexibility index (Phi) is 3.05. The van der Waals surface area contributed by atoms with Gasteiger partial charge >= 0.3 is 0 Å². The van der Waals surface area contributed by atoms with Gasteiger partial charge in [-0.15, -0.1) is 0 Å². The van der Waals surface area contributed by atoms with Crippen LogP contribution in [0.4, 0.5) is 0 Å². The summed E-state index contributed by atoms with van der Waals surface area (Å²) in [5, 5.41) is 0. The average Bonchev–Trinajstić information content (AvgIpc) is 2.23. The van der Waals surface area contributed by atoms with Gasteiger partial charge < -0.3 is 0 Å². The van der Waals surface area contributed by atoms with Crippen LogP contribution in [0.15, 0.2) is 12.2 Å². The molecule has 2 aliphatic rings. The summed E-state index contributed by atoms with van der Waals surface area (Å²) >= 11 is 0. The average molecular weight is 192 g/mol. The Morgan fingerprint density at radius 1 is 1.21 bits per heavy atom. The molecule has 1 heteroatoms. The molecule has 14 heavy (non-hydrogen) atoms. The summed E-state index contributed by atoms with van der Waals surface area (Å²) < 4.78 is 0. The van der Waals surface area contributed by atoms with Crippen LogP contribution >= 0.6 is 0 Å². The number of carbonyl (C=O) groups excluding carboxylic acids is 1. The minimum atomic E-state index is 0.270. The van der Waals surface area contributed by atoms with Gasteiger partial charge in [0.2, 0.25) is 0 Å². The maximum Gasteiger partial charge on any atom is 0.158 e. The lowest BCUT2D eigenvalue weighted by Crippen LogP contribution is -2.24. The van der Waals surface area contributed by atoms with E-state index in [0.717, 1.165) is 12.3 Å². The second kappa shape index (κ2) is 4.29. The predicted octanol–water partition coefficient (Wildman–Crippen LogP) is 3.35. The number of rotatable bonds is 1. The van der Waals surface area contributed by atoms with Crippen molar-refractivity contribution in [1.29, 1.82) is 0 Å². The van der Waals surface area contributed by atoms with Gasteiger partial charge in [-0.25, -0.2) is 0 Å². The second-order valence-electron chi connectivity index (χ2n) is 4.96. The molecule has 0 radical (unpaired) electrons. The summed E-state index contributed by atoms with van der Waals surface area (Å²) in [6.45, 7) is 2.07. The van der Waals surface area contributed by atoms with Gasteiger partial charge in [0.05, 0.1) is 0 Å². The van der Waals surface area contributed by atoms with E-state index in [0.29, 0.717) is 11.7 Å². The van der Waals surface area contributed by atoms with Crippen LogP contribution in [-0.4, -0.2) is 5.78 Å². The minimum absolute atomic E-state index is 0.270. The predicted molar refractivity (Wildman–Crippen MR) is 58.0 cm³/mol. The zero-order valence-electron chi connectivity index (χ0n) is 9.04. The Hall–Kier alpha value is -0.590. The van der Waals surface area contributed by atoms with Crippen molar-refractivity contribution in [3.8, 4) is 0 Å². The van der Waals surface area contributed by atoms with Gasteiger partial charge in [0.15, 0.2) is 5.78 Å². The summed E-state index contributed by atoms with van der Waals surface area (Å²) in [7, 11) is 0. The molecule has 0 spiro atoms. The topological polar surface area (TPSA) is 17.1 Å². The molecule has 1 nitrogen and oxygen atoms in total. The highest BCUT2D eigenvalue weighted by atomic mass is 16.1. The Bertz CT molecular complexity index is 236. The van der Waals surface area contributed by atoms with Crippen LogP contribution in [-0.2, 0) is 4.79 Å². The van der Waals surface area contributed by atoms with Gasteiger partial charge in [-0.05, 0) is 37.2 Å². The van der Waals surface area contributed by atoms with Crippen molar-refractivity contribution < 1.29 is 4.79 Å². The molecule has 1 fully saturated rings. The first-order valence-corrected chi connectivity index (χ1v) is 5.99. The highest BCUT2D eigenvalue weighted by molar-refractivity contribution is 5.92. The summed E-state index contributed by atoms with van der Waals surface area (Å²) in [4.78, 5) is 11.3. The van der Waals surface area contributed by atoms with Crippen LogP contribution in [0.25, 0.3) is 0 Å². The Balaban J connectivity index is 1.97. The van der Waals surface area contributed by atoms with E-state index < -0.39 is 0 Å².